The van der Waals surface area contributed by atoms with E-state index in [1.54, 1.807) is 26.2 Å². The molecule has 3 heterocycles. The Balaban J connectivity index is 1.72. The standard InChI is InChI=1S/C22H25F2N5O3S/c1-13-10-25-21(26-11-13)14(2)15(3)33(30,31)12-19-27-28-22(18-8-5-9-32-18)29(19)20-16(23)6-4-7-17(20)24/h4,6-7,10-11,14-15,18H,5,8-9,12H2,1-3H3/t14-,15-,18-/m0/s1. The van der Waals surface area contributed by atoms with Gasteiger partial charge in [0.15, 0.2) is 21.5 Å². The maximum atomic E-state index is 14.7. The van der Waals surface area contributed by atoms with E-state index in [2.05, 4.69) is 20.2 Å². The molecule has 3 atom stereocenters. The lowest BCUT2D eigenvalue weighted by atomic mass is 10.1. The summed E-state index contributed by atoms with van der Waals surface area (Å²) in [5, 5.41) is 7.23. The minimum Gasteiger partial charge on any atom is -0.370 e. The maximum absolute atomic E-state index is 14.7. The summed E-state index contributed by atoms with van der Waals surface area (Å²) in [4.78, 5) is 8.48. The van der Waals surface area contributed by atoms with Crippen LogP contribution in [0.3, 0.4) is 0 Å². The normalized spacial score (nSPS) is 18.4. The third-order valence-electron chi connectivity index (χ3n) is 5.94. The monoisotopic (exact) mass is 477 g/mol. The molecular weight excluding hydrogens is 452 g/mol. The van der Waals surface area contributed by atoms with Crippen molar-refractivity contribution in [3.05, 3.63) is 65.3 Å². The summed E-state index contributed by atoms with van der Waals surface area (Å²) in [5.41, 5.74) is 0.448. The van der Waals surface area contributed by atoms with Gasteiger partial charge in [-0.2, -0.15) is 0 Å². The van der Waals surface area contributed by atoms with Crippen molar-refractivity contribution in [1.82, 2.24) is 24.7 Å². The number of aryl methyl sites for hydroxylation is 1. The second kappa shape index (κ2) is 9.22. The molecule has 1 aromatic carbocycles. The van der Waals surface area contributed by atoms with Crippen molar-refractivity contribution in [1.29, 1.82) is 0 Å². The minimum atomic E-state index is -3.83. The average Bonchev–Trinajstić information content (AvgIpc) is 3.43. The van der Waals surface area contributed by atoms with Crippen molar-refractivity contribution in [2.45, 2.75) is 56.6 Å². The molecule has 0 spiro atoms. The van der Waals surface area contributed by atoms with Gasteiger partial charge in [0.1, 0.15) is 35.0 Å². The molecule has 1 saturated heterocycles. The Morgan fingerprint density at radius 2 is 1.82 bits per heavy atom. The Morgan fingerprint density at radius 3 is 2.42 bits per heavy atom. The van der Waals surface area contributed by atoms with E-state index in [-0.39, 0.29) is 11.6 Å². The van der Waals surface area contributed by atoms with Gasteiger partial charge in [-0.15, -0.1) is 10.2 Å². The van der Waals surface area contributed by atoms with Crippen molar-refractivity contribution >= 4 is 9.84 Å². The Bertz CT molecular complexity index is 1220. The molecule has 0 amide bonds. The fourth-order valence-corrected chi connectivity index (χ4v) is 5.38. The fraction of sp³-hybridized carbons (Fsp3) is 0.455. The van der Waals surface area contributed by atoms with Crippen LogP contribution in [-0.2, 0) is 20.3 Å². The fourth-order valence-electron chi connectivity index (χ4n) is 3.83. The molecule has 176 valence electrons. The molecule has 11 heteroatoms. The SMILES string of the molecule is Cc1cnc([C@@H](C)[C@H](C)S(=O)(=O)Cc2nnc([C@@H]3CCCO3)n2-c2c(F)cccc2F)nc1. The first kappa shape index (κ1) is 23.4. The van der Waals surface area contributed by atoms with E-state index in [9.17, 15) is 17.2 Å². The molecule has 0 N–H and O–H groups in total. The average molecular weight is 478 g/mol. The summed E-state index contributed by atoms with van der Waals surface area (Å²) in [7, 11) is -3.83. The largest absolute Gasteiger partial charge is 0.370 e. The highest BCUT2D eigenvalue weighted by molar-refractivity contribution is 7.91. The van der Waals surface area contributed by atoms with Crippen LogP contribution in [0.15, 0.2) is 30.6 Å². The van der Waals surface area contributed by atoms with Crippen LogP contribution in [0.1, 0.15) is 61.7 Å². The van der Waals surface area contributed by atoms with Gasteiger partial charge in [-0.1, -0.05) is 13.0 Å². The summed E-state index contributed by atoms with van der Waals surface area (Å²) < 4.78 is 62.8. The Morgan fingerprint density at radius 1 is 1.15 bits per heavy atom. The molecule has 1 fully saturated rings. The topological polar surface area (TPSA) is 99.9 Å². The highest BCUT2D eigenvalue weighted by Gasteiger charge is 2.34. The van der Waals surface area contributed by atoms with E-state index in [4.69, 9.17) is 4.74 Å². The third-order valence-corrected chi connectivity index (χ3v) is 8.14. The molecule has 4 rings (SSSR count). The lowest BCUT2D eigenvalue weighted by Gasteiger charge is -2.20. The van der Waals surface area contributed by atoms with Gasteiger partial charge in [-0.25, -0.2) is 27.2 Å². The van der Waals surface area contributed by atoms with E-state index < -0.39 is 50.2 Å². The van der Waals surface area contributed by atoms with Gasteiger partial charge < -0.3 is 4.74 Å². The predicted molar refractivity (Wildman–Crippen MR) is 116 cm³/mol. The van der Waals surface area contributed by atoms with Crippen LogP contribution in [0.4, 0.5) is 8.78 Å². The number of benzene rings is 1. The number of rotatable bonds is 7. The van der Waals surface area contributed by atoms with Crippen LogP contribution in [0.25, 0.3) is 5.69 Å². The Kier molecular flexibility index (Phi) is 6.53. The quantitative estimate of drug-likeness (QED) is 0.513. The molecular formula is C22H25F2N5O3S. The molecule has 0 radical (unpaired) electrons. The maximum Gasteiger partial charge on any atom is 0.167 e. The molecule has 1 aliphatic rings. The van der Waals surface area contributed by atoms with Crippen molar-refractivity contribution in [2.75, 3.05) is 6.61 Å². The van der Waals surface area contributed by atoms with Crippen LogP contribution < -0.4 is 0 Å². The van der Waals surface area contributed by atoms with Gasteiger partial charge in [-0.05, 0) is 44.4 Å². The number of hydrogen-bond acceptors (Lipinski definition) is 7. The van der Waals surface area contributed by atoms with E-state index in [1.807, 2.05) is 6.92 Å². The molecule has 0 saturated carbocycles. The van der Waals surface area contributed by atoms with Gasteiger partial charge in [0.05, 0.1) is 5.25 Å². The summed E-state index contributed by atoms with van der Waals surface area (Å²) in [6, 6.07) is 3.46. The summed E-state index contributed by atoms with van der Waals surface area (Å²) in [6.45, 7) is 5.62. The Labute approximate surface area is 191 Å². The number of para-hydroxylation sites is 1. The highest BCUT2D eigenvalue weighted by atomic mass is 32.2. The lowest BCUT2D eigenvalue weighted by molar-refractivity contribution is 0.103. The first-order valence-electron chi connectivity index (χ1n) is 10.7. The molecule has 3 aromatic rings. The zero-order valence-electron chi connectivity index (χ0n) is 18.6. The second-order valence-corrected chi connectivity index (χ2v) is 10.7. The van der Waals surface area contributed by atoms with Crippen LogP contribution in [0.2, 0.25) is 0 Å². The highest BCUT2D eigenvalue weighted by Crippen LogP contribution is 2.32. The van der Waals surface area contributed by atoms with E-state index in [0.29, 0.717) is 18.9 Å². The summed E-state index contributed by atoms with van der Waals surface area (Å²) in [6.07, 6.45) is 4.09. The zero-order valence-corrected chi connectivity index (χ0v) is 19.4. The van der Waals surface area contributed by atoms with Crippen molar-refractivity contribution in [2.24, 2.45) is 0 Å². The van der Waals surface area contributed by atoms with Crippen molar-refractivity contribution in [3.8, 4) is 5.69 Å². The third kappa shape index (κ3) is 4.65. The first-order valence-corrected chi connectivity index (χ1v) is 12.4. The number of sulfone groups is 1. The molecule has 8 nitrogen and oxygen atoms in total. The predicted octanol–water partition coefficient (Wildman–Crippen LogP) is 3.60. The van der Waals surface area contributed by atoms with Gasteiger partial charge in [-0.3, -0.25) is 4.57 Å². The van der Waals surface area contributed by atoms with Gasteiger partial charge in [0.25, 0.3) is 0 Å². The first-order chi connectivity index (χ1) is 15.7. The molecule has 33 heavy (non-hydrogen) atoms. The van der Waals surface area contributed by atoms with Crippen LogP contribution in [-0.4, -0.2) is 45.0 Å². The van der Waals surface area contributed by atoms with Crippen molar-refractivity contribution in [3.63, 3.8) is 0 Å². The molecule has 1 aliphatic heterocycles. The number of halogens is 2. The molecule has 0 aliphatic carbocycles. The minimum absolute atomic E-state index is 0.0756. The van der Waals surface area contributed by atoms with Gasteiger partial charge >= 0.3 is 0 Å². The molecule has 2 aromatic heterocycles. The smallest absolute Gasteiger partial charge is 0.167 e. The summed E-state index contributed by atoms with van der Waals surface area (Å²) >= 11 is 0. The van der Waals surface area contributed by atoms with E-state index in [1.165, 1.54) is 6.07 Å². The van der Waals surface area contributed by atoms with Crippen LogP contribution in [0.5, 0.6) is 0 Å². The summed E-state index contributed by atoms with van der Waals surface area (Å²) in [5.74, 6) is -2.24. The number of ether oxygens (including phenoxy) is 1. The molecule has 0 unspecified atom stereocenters. The van der Waals surface area contributed by atoms with Gasteiger partial charge in [0, 0.05) is 24.9 Å². The number of aromatic nitrogens is 5. The van der Waals surface area contributed by atoms with E-state index in [0.717, 1.165) is 28.7 Å². The zero-order chi connectivity index (χ0) is 23.8. The van der Waals surface area contributed by atoms with Crippen LogP contribution >= 0.6 is 0 Å². The Hall–Kier alpha value is -2.79. The number of hydrogen-bond donors (Lipinski definition) is 0. The van der Waals surface area contributed by atoms with Crippen molar-refractivity contribution < 1.29 is 21.9 Å². The molecule has 0 bridgehead atoms. The number of nitrogens with zero attached hydrogens (tertiary/aromatic N) is 5. The lowest BCUT2D eigenvalue weighted by Crippen LogP contribution is -2.28. The van der Waals surface area contributed by atoms with E-state index >= 15 is 0 Å². The van der Waals surface area contributed by atoms with Gasteiger partial charge in [0.2, 0.25) is 0 Å². The second-order valence-electron chi connectivity index (χ2n) is 8.30. The van der Waals surface area contributed by atoms with Crippen LogP contribution in [0, 0.1) is 18.6 Å².